The predicted octanol–water partition coefficient (Wildman–Crippen LogP) is 8.36. The Morgan fingerprint density at radius 3 is 1.53 bits per heavy atom. The van der Waals surface area contributed by atoms with Crippen LogP contribution in [0.15, 0.2) is 146 Å². The maximum absolute atomic E-state index is 5.36. The zero-order chi connectivity index (χ0) is 24.3. The number of nitrogen functional groups attached to an aromatic ring is 1. The second kappa shape index (κ2) is 16.3. The van der Waals surface area contributed by atoms with Gasteiger partial charge >= 0.3 is 0 Å². The zero-order valence-electron chi connectivity index (χ0n) is 19.8. The third-order valence-electron chi connectivity index (χ3n) is 4.57. The number of nitrogens with two attached hydrogens (primary N) is 1. The van der Waals surface area contributed by atoms with Crippen LogP contribution in [-0.2, 0) is 0 Å². The molecule has 2 heteroatoms. The lowest BCUT2D eigenvalue weighted by Gasteiger charge is -2.10. The van der Waals surface area contributed by atoms with Gasteiger partial charge in [-0.1, -0.05) is 134 Å². The van der Waals surface area contributed by atoms with E-state index in [4.69, 9.17) is 5.73 Å². The largest absolute Gasteiger partial charge is 0.399 e. The summed E-state index contributed by atoms with van der Waals surface area (Å²) in [5.41, 5.74) is 9.77. The fraction of sp³-hybridized carbons (Fsp3) is 0.0625. The first-order valence-corrected chi connectivity index (χ1v) is 11.4. The number of rotatable bonds is 6. The summed E-state index contributed by atoms with van der Waals surface area (Å²) in [6, 6.07) is 40.5. The molecule has 3 N–H and O–H groups in total. The summed E-state index contributed by atoms with van der Waals surface area (Å²) >= 11 is 0. The molecule has 0 amide bonds. The second-order valence-corrected chi connectivity index (χ2v) is 7.49. The van der Waals surface area contributed by atoms with Gasteiger partial charge in [0.15, 0.2) is 0 Å². The first-order valence-electron chi connectivity index (χ1n) is 11.4. The molecule has 0 aliphatic rings. The quantitative estimate of drug-likeness (QED) is 0.231. The molecule has 1 atom stereocenters. The van der Waals surface area contributed by atoms with Gasteiger partial charge in [0.25, 0.3) is 0 Å². The Morgan fingerprint density at radius 1 is 0.647 bits per heavy atom. The van der Waals surface area contributed by atoms with E-state index in [1.54, 1.807) is 6.08 Å². The number of para-hydroxylation sites is 2. The predicted molar refractivity (Wildman–Crippen MR) is 152 cm³/mol. The van der Waals surface area contributed by atoms with Gasteiger partial charge in [-0.15, -0.1) is 0 Å². The Bertz CT molecular complexity index is 1090. The average Bonchev–Trinajstić information content (AvgIpc) is 2.89. The first kappa shape index (κ1) is 26.0. The van der Waals surface area contributed by atoms with E-state index in [0.29, 0.717) is 6.04 Å². The van der Waals surface area contributed by atoms with Crippen LogP contribution >= 0.6 is 0 Å². The highest BCUT2D eigenvalue weighted by Gasteiger charge is 1.95. The van der Waals surface area contributed by atoms with E-state index in [1.807, 2.05) is 84.9 Å². The van der Waals surface area contributed by atoms with Crippen molar-refractivity contribution in [3.8, 4) is 0 Å². The highest BCUT2D eigenvalue weighted by Crippen LogP contribution is 2.09. The van der Waals surface area contributed by atoms with Crippen LogP contribution in [0, 0.1) is 0 Å². The van der Waals surface area contributed by atoms with Gasteiger partial charge in [0, 0.05) is 17.4 Å². The smallest absolute Gasteiger partial charge is 0.0419 e. The monoisotopic (exact) mass is 446 g/mol. The van der Waals surface area contributed by atoms with E-state index < -0.39 is 0 Å². The van der Waals surface area contributed by atoms with E-state index in [9.17, 15) is 0 Å². The lowest BCUT2D eigenvalue weighted by molar-refractivity contribution is 1.00. The second-order valence-electron chi connectivity index (χ2n) is 7.49. The Kier molecular flexibility index (Phi) is 12.5. The molecule has 0 heterocycles. The number of nitrogens with one attached hydrogen (secondary N) is 1. The Balaban J connectivity index is 0.000000202. The Morgan fingerprint density at radius 2 is 1.09 bits per heavy atom. The van der Waals surface area contributed by atoms with Crippen LogP contribution in [0.1, 0.15) is 18.1 Å². The third-order valence-corrected chi connectivity index (χ3v) is 4.57. The number of allylic oxidation sites excluding steroid dienone is 2. The van der Waals surface area contributed by atoms with Crippen molar-refractivity contribution >= 4 is 23.5 Å². The minimum absolute atomic E-state index is 0.317. The summed E-state index contributed by atoms with van der Waals surface area (Å²) in [6.45, 7) is 5.73. The molecular formula is C32H34N2. The van der Waals surface area contributed by atoms with Gasteiger partial charge in [0.2, 0.25) is 0 Å². The van der Waals surface area contributed by atoms with Crippen molar-refractivity contribution in [2.24, 2.45) is 0 Å². The van der Waals surface area contributed by atoms with Crippen LogP contribution in [0.25, 0.3) is 12.2 Å². The summed E-state index contributed by atoms with van der Waals surface area (Å²) in [5, 5.41) is 3.43. The summed E-state index contributed by atoms with van der Waals surface area (Å²) in [7, 11) is 0. The van der Waals surface area contributed by atoms with Crippen LogP contribution in [0.3, 0.4) is 0 Å². The van der Waals surface area contributed by atoms with Crippen LogP contribution in [-0.4, -0.2) is 6.04 Å². The molecule has 0 aliphatic carbocycles. The number of benzene rings is 4. The fourth-order valence-electron chi connectivity index (χ4n) is 2.86. The van der Waals surface area contributed by atoms with Crippen molar-refractivity contribution in [3.63, 3.8) is 0 Å². The SMILES string of the molecule is C=C/C=C/c1ccccc1.CC(/C=C/c1ccccc1)Nc1ccccc1.Nc1ccccc1. The van der Waals surface area contributed by atoms with Crippen molar-refractivity contribution in [1.82, 2.24) is 0 Å². The van der Waals surface area contributed by atoms with Crippen LogP contribution in [0.2, 0.25) is 0 Å². The lowest BCUT2D eigenvalue weighted by atomic mass is 10.2. The van der Waals surface area contributed by atoms with E-state index in [1.165, 1.54) is 11.1 Å². The molecule has 0 saturated heterocycles. The summed E-state index contributed by atoms with van der Waals surface area (Å²) in [4.78, 5) is 0. The van der Waals surface area contributed by atoms with Gasteiger partial charge < -0.3 is 11.1 Å². The molecule has 0 saturated carbocycles. The highest BCUT2D eigenvalue weighted by atomic mass is 14.9. The van der Waals surface area contributed by atoms with Gasteiger partial charge in [-0.2, -0.15) is 0 Å². The van der Waals surface area contributed by atoms with Crippen molar-refractivity contribution in [2.45, 2.75) is 13.0 Å². The number of hydrogen-bond acceptors (Lipinski definition) is 2. The standard InChI is InChI=1S/C16H17N.C10H10.C6H7N/c1-14(17-16-10-6-3-7-11-16)12-13-15-8-4-2-5-9-15;1-2-3-7-10-8-5-4-6-9-10;7-6-4-2-1-3-5-6/h2-14,17H,1H3;2-9H,1H2;1-5H,7H2/b13-12+;7-3+;. The molecule has 0 aliphatic heterocycles. The van der Waals surface area contributed by atoms with E-state index >= 15 is 0 Å². The van der Waals surface area contributed by atoms with Crippen molar-refractivity contribution in [3.05, 3.63) is 157 Å². The molecule has 1 unspecified atom stereocenters. The number of anilines is 2. The third kappa shape index (κ3) is 11.9. The van der Waals surface area contributed by atoms with E-state index in [2.05, 4.69) is 79.5 Å². The molecule has 0 bridgehead atoms. The van der Waals surface area contributed by atoms with E-state index in [-0.39, 0.29) is 0 Å². The number of hydrogen-bond donors (Lipinski definition) is 2. The summed E-state index contributed by atoms with van der Waals surface area (Å²) in [6.07, 6.45) is 10.0. The molecule has 4 aromatic rings. The first-order chi connectivity index (χ1) is 16.7. The fourth-order valence-corrected chi connectivity index (χ4v) is 2.86. The average molecular weight is 447 g/mol. The zero-order valence-corrected chi connectivity index (χ0v) is 19.8. The van der Waals surface area contributed by atoms with Crippen LogP contribution in [0.5, 0.6) is 0 Å². The minimum atomic E-state index is 0.317. The molecule has 0 aromatic heterocycles. The molecule has 4 aromatic carbocycles. The molecule has 34 heavy (non-hydrogen) atoms. The van der Waals surface area contributed by atoms with Crippen LogP contribution in [0.4, 0.5) is 11.4 Å². The van der Waals surface area contributed by atoms with Gasteiger partial charge in [-0.3, -0.25) is 0 Å². The van der Waals surface area contributed by atoms with Gasteiger partial charge in [-0.05, 0) is 42.3 Å². The van der Waals surface area contributed by atoms with Gasteiger partial charge in [0.1, 0.15) is 0 Å². The minimum Gasteiger partial charge on any atom is -0.399 e. The Labute approximate surface area is 204 Å². The molecule has 0 fully saturated rings. The lowest BCUT2D eigenvalue weighted by Crippen LogP contribution is -2.11. The normalized spacial score (nSPS) is 11.0. The van der Waals surface area contributed by atoms with Crippen molar-refractivity contribution in [1.29, 1.82) is 0 Å². The topological polar surface area (TPSA) is 38.0 Å². The van der Waals surface area contributed by atoms with Crippen molar-refractivity contribution < 1.29 is 0 Å². The molecule has 172 valence electrons. The van der Waals surface area contributed by atoms with Gasteiger partial charge in [-0.25, -0.2) is 0 Å². The maximum Gasteiger partial charge on any atom is 0.0419 e. The molecule has 0 radical (unpaired) electrons. The molecule has 4 rings (SSSR count). The summed E-state index contributed by atoms with van der Waals surface area (Å²) in [5.74, 6) is 0. The Hall–Kier alpha value is -4.30. The molecule has 0 spiro atoms. The highest BCUT2D eigenvalue weighted by molar-refractivity contribution is 5.52. The molecule has 2 nitrogen and oxygen atoms in total. The van der Waals surface area contributed by atoms with Crippen molar-refractivity contribution in [2.75, 3.05) is 11.1 Å². The maximum atomic E-state index is 5.36. The van der Waals surface area contributed by atoms with E-state index in [0.717, 1.165) is 11.4 Å². The summed E-state index contributed by atoms with van der Waals surface area (Å²) < 4.78 is 0. The molecular weight excluding hydrogens is 412 g/mol. The van der Waals surface area contributed by atoms with Crippen LogP contribution < -0.4 is 11.1 Å². The van der Waals surface area contributed by atoms with Gasteiger partial charge in [0.05, 0.1) is 0 Å².